The molecule has 0 radical (unpaired) electrons. The van der Waals surface area contributed by atoms with Crippen LogP contribution in [0.25, 0.3) is 27.5 Å². The number of aliphatic hydroxyl groups excluding tert-OH is 1. The molecule has 4 rings (SSSR count). The van der Waals surface area contributed by atoms with E-state index in [1.165, 1.54) is 16.9 Å². The molecule has 9 heteroatoms. The molecule has 0 amide bonds. The van der Waals surface area contributed by atoms with Crippen molar-refractivity contribution in [3.05, 3.63) is 48.5 Å². The maximum absolute atomic E-state index is 11.7. The fourth-order valence-electron chi connectivity index (χ4n) is 2.90. The van der Waals surface area contributed by atoms with E-state index in [2.05, 4.69) is 10.2 Å². The Bertz CT molecular complexity index is 1300. The SMILES string of the molecule is CS(=O)(=O)c1ccc2nn(-c3cc4cc(OCCO)ccc4cc3O)nc2c1. The van der Waals surface area contributed by atoms with Gasteiger partial charge in [-0.25, -0.2) is 8.42 Å². The van der Waals surface area contributed by atoms with Crippen molar-refractivity contribution in [3.63, 3.8) is 0 Å². The lowest BCUT2D eigenvalue weighted by Crippen LogP contribution is -2.01. The van der Waals surface area contributed by atoms with E-state index in [1.807, 2.05) is 0 Å². The molecule has 0 fully saturated rings. The Morgan fingerprint density at radius 2 is 1.79 bits per heavy atom. The summed E-state index contributed by atoms with van der Waals surface area (Å²) >= 11 is 0. The highest BCUT2D eigenvalue weighted by molar-refractivity contribution is 7.90. The van der Waals surface area contributed by atoms with Gasteiger partial charge in [-0.05, 0) is 53.2 Å². The summed E-state index contributed by atoms with van der Waals surface area (Å²) in [6, 6.07) is 13.2. The first kappa shape index (κ1) is 18.2. The number of benzene rings is 3. The average molecular weight is 399 g/mol. The van der Waals surface area contributed by atoms with Gasteiger partial charge in [-0.1, -0.05) is 6.07 Å². The van der Waals surface area contributed by atoms with Crippen molar-refractivity contribution in [2.75, 3.05) is 19.5 Å². The molecule has 0 bridgehead atoms. The second-order valence-electron chi connectivity index (χ2n) is 6.33. The molecular weight excluding hydrogens is 382 g/mol. The number of hydrogen-bond acceptors (Lipinski definition) is 7. The van der Waals surface area contributed by atoms with Crippen molar-refractivity contribution in [1.82, 2.24) is 15.0 Å². The Morgan fingerprint density at radius 1 is 1.00 bits per heavy atom. The fraction of sp³-hybridized carbons (Fsp3) is 0.158. The van der Waals surface area contributed by atoms with Gasteiger partial charge in [0.15, 0.2) is 9.84 Å². The van der Waals surface area contributed by atoms with Gasteiger partial charge in [0.1, 0.15) is 34.8 Å². The molecule has 0 unspecified atom stereocenters. The van der Waals surface area contributed by atoms with Crippen molar-refractivity contribution in [2.24, 2.45) is 0 Å². The van der Waals surface area contributed by atoms with Crippen molar-refractivity contribution in [2.45, 2.75) is 4.90 Å². The van der Waals surface area contributed by atoms with E-state index in [0.29, 0.717) is 22.5 Å². The first-order valence-corrected chi connectivity index (χ1v) is 10.3. The lowest BCUT2D eigenvalue weighted by Gasteiger charge is -2.08. The van der Waals surface area contributed by atoms with Crippen molar-refractivity contribution < 1.29 is 23.4 Å². The highest BCUT2D eigenvalue weighted by Gasteiger charge is 2.14. The monoisotopic (exact) mass is 399 g/mol. The van der Waals surface area contributed by atoms with Crippen LogP contribution in [0, 0.1) is 0 Å². The number of fused-ring (bicyclic) bond motifs is 2. The maximum atomic E-state index is 11.7. The van der Waals surface area contributed by atoms with E-state index >= 15 is 0 Å². The smallest absolute Gasteiger partial charge is 0.175 e. The summed E-state index contributed by atoms with van der Waals surface area (Å²) in [6.07, 6.45) is 1.13. The third-order valence-electron chi connectivity index (χ3n) is 4.26. The van der Waals surface area contributed by atoms with Gasteiger partial charge in [-0.2, -0.15) is 0 Å². The lowest BCUT2D eigenvalue weighted by molar-refractivity contribution is 0.201. The molecule has 0 atom stereocenters. The number of ether oxygens (including phenoxy) is 1. The summed E-state index contributed by atoms with van der Waals surface area (Å²) in [7, 11) is -3.36. The van der Waals surface area contributed by atoms with Crippen LogP contribution >= 0.6 is 0 Å². The quantitative estimate of drug-likeness (QED) is 0.528. The maximum Gasteiger partial charge on any atom is 0.175 e. The zero-order chi connectivity index (χ0) is 19.9. The minimum atomic E-state index is -3.36. The summed E-state index contributed by atoms with van der Waals surface area (Å²) < 4.78 is 28.9. The van der Waals surface area contributed by atoms with Crippen molar-refractivity contribution in [3.8, 4) is 17.2 Å². The highest BCUT2D eigenvalue weighted by atomic mass is 32.2. The molecule has 8 nitrogen and oxygen atoms in total. The van der Waals surface area contributed by atoms with E-state index in [0.717, 1.165) is 17.0 Å². The van der Waals surface area contributed by atoms with Gasteiger partial charge in [-0.15, -0.1) is 15.0 Å². The van der Waals surface area contributed by atoms with Crippen LogP contribution in [0.2, 0.25) is 0 Å². The lowest BCUT2D eigenvalue weighted by atomic mass is 10.1. The Kier molecular flexibility index (Phi) is 4.40. The second kappa shape index (κ2) is 6.77. The summed E-state index contributed by atoms with van der Waals surface area (Å²) in [5.74, 6) is 0.578. The number of phenolic OH excluding ortho intramolecular Hbond substituents is 1. The van der Waals surface area contributed by atoms with E-state index < -0.39 is 9.84 Å². The number of nitrogens with zero attached hydrogens (tertiary/aromatic N) is 3. The molecule has 4 aromatic rings. The van der Waals surface area contributed by atoms with E-state index in [1.54, 1.807) is 36.4 Å². The van der Waals surface area contributed by atoms with E-state index in [-0.39, 0.29) is 23.9 Å². The zero-order valence-corrected chi connectivity index (χ0v) is 15.7. The highest BCUT2D eigenvalue weighted by Crippen LogP contribution is 2.30. The van der Waals surface area contributed by atoms with Crippen LogP contribution in [0.3, 0.4) is 0 Å². The van der Waals surface area contributed by atoms with Gasteiger partial charge >= 0.3 is 0 Å². The van der Waals surface area contributed by atoms with Gasteiger partial charge in [0.2, 0.25) is 0 Å². The Labute approximate surface area is 160 Å². The molecule has 144 valence electrons. The fourth-order valence-corrected chi connectivity index (χ4v) is 3.54. The number of aromatic hydroxyl groups is 1. The summed E-state index contributed by atoms with van der Waals surface area (Å²) in [5.41, 5.74) is 1.26. The molecule has 3 aromatic carbocycles. The van der Waals surface area contributed by atoms with Gasteiger partial charge in [0.25, 0.3) is 0 Å². The number of rotatable bonds is 5. The third kappa shape index (κ3) is 3.37. The summed E-state index contributed by atoms with van der Waals surface area (Å²) in [5, 5.41) is 29.6. The number of hydrogen-bond donors (Lipinski definition) is 2. The molecule has 28 heavy (non-hydrogen) atoms. The van der Waals surface area contributed by atoms with Gasteiger partial charge < -0.3 is 14.9 Å². The topological polar surface area (TPSA) is 115 Å². The van der Waals surface area contributed by atoms with Crippen LogP contribution in [0.15, 0.2) is 53.4 Å². The first-order valence-electron chi connectivity index (χ1n) is 8.43. The Morgan fingerprint density at radius 3 is 2.54 bits per heavy atom. The minimum absolute atomic E-state index is 0.0137. The van der Waals surface area contributed by atoms with Crippen LogP contribution in [0.5, 0.6) is 11.5 Å². The molecule has 2 N–H and O–H groups in total. The molecule has 1 aromatic heterocycles. The number of aliphatic hydroxyl groups is 1. The molecule has 1 heterocycles. The number of aromatic nitrogens is 3. The first-order chi connectivity index (χ1) is 13.3. The van der Waals surface area contributed by atoms with E-state index in [9.17, 15) is 13.5 Å². The zero-order valence-electron chi connectivity index (χ0n) is 14.9. The van der Waals surface area contributed by atoms with Crippen LogP contribution in [-0.4, -0.2) is 53.1 Å². The average Bonchev–Trinajstić information content (AvgIpc) is 3.08. The molecule has 0 saturated carbocycles. The molecule has 0 aliphatic carbocycles. The standard InChI is InChI=1S/C19H17N3O5S/c1-28(25,26)15-4-5-16-17(11-15)21-22(20-16)18-9-13-8-14(27-7-6-23)3-2-12(13)10-19(18)24/h2-5,8-11,23-24H,6-7H2,1H3. The molecule has 0 spiro atoms. The van der Waals surface area contributed by atoms with Crippen molar-refractivity contribution >= 4 is 31.6 Å². The van der Waals surface area contributed by atoms with Crippen LogP contribution < -0.4 is 4.74 Å². The summed E-state index contributed by atoms with van der Waals surface area (Å²) in [6.45, 7) is 0.101. The minimum Gasteiger partial charge on any atom is -0.506 e. The number of phenols is 1. The Hall–Kier alpha value is -3.17. The van der Waals surface area contributed by atoms with Crippen LogP contribution in [0.4, 0.5) is 0 Å². The van der Waals surface area contributed by atoms with Gasteiger partial charge in [0, 0.05) is 6.26 Å². The molecule has 0 saturated heterocycles. The van der Waals surface area contributed by atoms with Gasteiger partial charge in [0.05, 0.1) is 11.5 Å². The second-order valence-corrected chi connectivity index (χ2v) is 8.35. The van der Waals surface area contributed by atoms with Crippen LogP contribution in [0.1, 0.15) is 0 Å². The van der Waals surface area contributed by atoms with Crippen LogP contribution in [-0.2, 0) is 9.84 Å². The third-order valence-corrected chi connectivity index (χ3v) is 5.37. The van der Waals surface area contributed by atoms with Gasteiger partial charge in [-0.3, -0.25) is 0 Å². The number of sulfone groups is 1. The van der Waals surface area contributed by atoms with E-state index in [4.69, 9.17) is 9.84 Å². The molecule has 0 aliphatic rings. The normalized spacial score (nSPS) is 11.9. The largest absolute Gasteiger partial charge is 0.506 e. The molecular formula is C19H17N3O5S. The predicted octanol–water partition coefficient (Wildman–Crippen LogP) is 2.05. The summed E-state index contributed by atoms with van der Waals surface area (Å²) in [4.78, 5) is 1.42. The predicted molar refractivity (Wildman–Crippen MR) is 104 cm³/mol. The molecule has 0 aliphatic heterocycles. The Balaban J connectivity index is 1.81. The van der Waals surface area contributed by atoms with Crippen molar-refractivity contribution in [1.29, 1.82) is 0 Å².